The van der Waals surface area contributed by atoms with E-state index >= 15 is 0 Å². The van der Waals surface area contributed by atoms with Crippen LogP contribution < -0.4 is 0 Å². The molecule has 2 rings (SSSR count). The summed E-state index contributed by atoms with van der Waals surface area (Å²) in [5.41, 5.74) is -2.56. The molecule has 2 aliphatic rings. The lowest BCUT2D eigenvalue weighted by Crippen LogP contribution is -2.41. The second-order valence-electron chi connectivity index (χ2n) is 4.80. The van der Waals surface area contributed by atoms with Gasteiger partial charge in [-0.05, 0) is 40.4 Å². The fourth-order valence-electron chi connectivity index (χ4n) is 1.41. The molecule has 0 aromatic carbocycles. The molecule has 0 aromatic rings. The van der Waals surface area contributed by atoms with Crippen LogP contribution in [0.2, 0.25) is 0 Å². The van der Waals surface area contributed by atoms with Crippen LogP contribution in [0, 0.1) is 0 Å². The molecule has 16 heavy (non-hydrogen) atoms. The third-order valence-corrected chi connectivity index (χ3v) is 3.14. The maximum Gasteiger partial charge on any atom is 0.511 e. The van der Waals surface area contributed by atoms with Crippen molar-refractivity contribution in [3.8, 4) is 0 Å². The van der Waals surface area contributed by atoms with Crippen molar-refractivity contribution in [1.82, 2.24) is 4.90 Å². The first kappa shape index (κ1) is 4.66. The molecule has 0 aromatic heterocycles. The minimum absolute atomic E-state index is 0.103. The first-order valence-corrected chi connectivity index (χ1v) is 5.09. The quantitative estimate of drug-likeness (QED) is 0.648. The van der Waals surface area contributed by atoms with Crippen molar-refractivity contribution in [3.63, 3.8) is 0 Å². The molecule has 90 valence electrons. The van der Waals surface area contributed by atoms with E-state index in [9.17, 15) is 0 Å². The number of hydrogen-bond donors (Lipinski definition) is 0. The minimum atomic E-state index is -3.31. The molecule has 0 N–H and O–H groups in total. The average Bonchev–Trinajstić information content (AvgIpc) is 2.60. The minimum Gasteiger partial charge on any atom is -0.398 e. The highest BCUT2D eigenvalue weighted by Gasteiger charge is 2.53. The van der Waals surface area contributed by atoms with Gasteiger partial charge in [-0.25, -0.2) is 0 Å². The van der Waals surface area contributed by atoms with Crippen LogP contribution in [0.1, 0.15) is 54.1 Å². The molecule has 0 saturated carbocycles. The fraction of sp³-hybridized carbons (Fsp3) is 0.833. The monoisotopic (exact) mass is 233 g/mol. The molecule has 0 aliphatic carbocycles. The van der Waals surface area contributed by atoms with Crippen molar-refractivity contribution in [2.24, 2.45) is 0 Å². The van der Waals surface area contributed by atoms with E-state index in [2.05, 4.69) is 0 Å². The molecule has 1 saturated heterocycles. The van der Waals surface area contributed by atoms with Crippen molar-refractivity contribution < 1.29 is 23.0 Å². The lowest BCUT2D eigenvalue weighted by Gasteiger charge is -2.32. The molecule has 2 heterocycles. The molecular weight excluding hydrogens is 201 g/mol. The Morgan fingerprint density at radius 1 is 1.44 bits per heavy atom. The van der Waals surface area contributed by atoms with E-state index in [0.29, 0.717) is 0 Å². The molecular formula is C12H22BNO2. The van der Waals surface area contributed by atoms with Gasteiger partial charge in [-0.15, -0.1) is 0 Å². The van der Waals surface area contributed by atoms with Gasteiger partial charge in [0.1, 0.15) is 0 Å². The topological polar surface area (TPSA) is 21.7 Å². The van der Waals surface area contributed by atoms with E-state index in [1.165, 1.54) is 0 Å². The normalized spacial score (nSPS) is 48.2. The van der Waals surface area contributed by atoms with Gasteiger partial charge in [-0.3, -0.25) is 0 Å². The Morgan fingerprint density at radius 2 is 2.06 bits per heavy atom. The summed E-state index contributed by atoms with van der Waals surface area (Å²) in [6.45, 7) is 0.193. The van der Waals surface area contributed by atoms with E-state index < -0.39 is 56.2 Å². The molecule has 0 amide bonds. The van der Waals surface area contributed by atoms with Gasteiger partial charge in [0, 0.05) is 31.4 Å². The smallest absolute Gasteiger partial charge is 0.398 e. The lowest BCUT2D eigenvalue weighted by atomic mass is 9.81. The summed E-state index contributed by atoms with van der Waals surface area (Å²) in [4.78, 5) is 0.103. The van der Waals surface area contributed by atoms with Gasteiger partial charge in [0.2, 0.25) is 0 Å². The summed E-state index contributed by atoms with van der Waals surface area (Å²) in [5.74, 6) is 0. The van der Waals surface area contributed by atoms with Gasteiger partial charge in [0.15, 0.2) is 0 Å². The maximum absolute atomic E-state index is 8.14. The predicted octanol–water partition coefficient (Wildman–Crippen LogP) is 2.23. The first-order chi connectivity index (χ1) is 11.2. The second kappa shape index (κ2) is 3.78. The Bertz CT molecular complexity index is 626. The fourth-order valence-corrected chi connectivity index (χ4v) is 1.41. The van der Waals surface area contributed by atoms with Crippen molar-refractivity contribution in [1.29, 1.82) is 0 Å². The third kappa shape index (κ3) is 1.89. The third-order valence-electron chi connectivity index (χ3n) is 3.14. The van der Waals surface area contributed by atoms with E-state index in [1.54, 1.807) is 27.7 Å². The van der Waals surface area contributed by atoms with Crippen LogP contribution in [0.25, 0.3) is 0 Å². The highest BCUT2D eigenvalue weighted by Crippen LogP contribution is 2.39. The molecule has 0 atom stereocenters. The number of allylic oxidation sites excluding steroid dienone is 1. The Balaban J connectivity index is 2.76. The van der Waals surface area contributed by atoms with Crippen LogP contribution in [-0.2, 0) is 9.31 Å². The average molecular weight is 233 g/mol. The zero-order valence-corrected chi connectivity index (χ0v) is 9.84. The van der Waals surface area contributed by atoms with Gasteiger partial charge in [-0.1, -0.05) is 6.05 Å². The molecule has 0 spiro atoms. The summed E-state index contributed by atoms with van der Waals surface area (Å²) < 4.78 is 90.4. The van der Waals surface area contributed by atoms with Crippen LogP contribution in [0.3, 0.4) is 0 Å². The van der Waals surface area contributed by atoms with Crippen LogP contribution in [0.15, 0.2) is 11.6 Å². The van der Waals surface area contributed by atoms with Crippen molar-refractivity contribution in [2.45, 2.75) is 51.6 Å². The van der Waals surface area contributed by atoms with Crippen LogP contribution >= 0.6 is 0 Å². The molecule has 0 radical (unpaired) electrons. The second-order valence-corrected chi connectivity index (χ2v) is 4.80. The highest BCUT2D eigenvalue weighted by atomic mass is 16.7. The van der Waals surface area contributed by atoms with Gasteiger partial charge in [-0.2, -0.15) is 0 Å². The van der Waals surface area contributed by atoms with Gasteiger partial charge in [0.05, 0.1) is 12.6 Å². The van der Waals surface area contributed by atoms with E-state index in [0.717, 1.165) is 0 Å². The maximum atomic E-state index is 8.14. The van der Waals surface area contributed by atoms with E-state index in [4.69, 9.17) is 23.0 Å². The van der Waals surface area contributed by atoms with Gasteiger partial charge < -0.3 is 14.2 Å². The molecule has 1 fully saturated rings. The summed E-state index contributed by atoms with van der Waals surface area (Å²) in [7, 11) is -1.53. The van der Waals surface area contributed by atoms with Crippen LogP contribution in [0.5, 0.6) is 0 Å². The molecule has 4 heteroatoms. The lowest BCUT2D eigenvalue weighted by molar-refractivity contribution is 0.00578. The Morgan fingerprint density at radius 3 is 2.62 bits per heavy atom. The predicted molar refractivity (Wildman–Crippen MR) is 66.0 cm³/mol. The summed E-state index contributed by atoms with van der Waals surface area (Å²) in [6.07, 6.45) is -6.41. The number of nitrogens with zero attached hydrogens (tertiary/aromatic N) is 1. The SMILES string of the molecule is [2H]C1=C(B2OC(C)(C)C(C)(C)O2)N(C([2H])([2H])[2H])C([2H])([2H])C([2H])([2H])C1([2H])[2H]. The molecule has 0 bridgehead atoms. The van der Waals surface area contributed by atoms with Crippen molar-refractivity contribution >= 4 is 7.12 Å². The Labute approximate surface area is 113 Å². The van der Waals surface area contributed by atoms with E-state index in [1.807, 2.05) is 0 Å². The Kier molecular flexibility index (Phi) is 1.10. The summed E-state index contributed by atoms with van der Waals surface area (Å²) in [6, 6.07) is -1.02. The first-order valence-electron chi connectivity index (χ1n) is 10.1. The van der Waals surface area contributed by atoms with Crippen molar-refractivity contribution in [2.75, 3.05) is 13.5 Å². The standard InChI is InChI=1S/C12H22BNO2/c1-11(2)12(3,4)16-13(15-11)10-8-6-7-9-14(10)5/h8H,6-7,9H2,1-5H3/i5D3,6D2,7D2,8D,9D2. The molecule has 2 aliphatic heterocycles. The van der Waals surface area contributed by atoms with Gasteiger partial charge in [0.25, 0.3) is 0 Å². The van der Waals surface area contributed by atoms with E-state index in [-0.39, 0.29) is 4.90 Å². The van der Waals surface area contributed by atoms with Crippen molar-refractivity contribution in [3.05, 3.63) is 11.6 Å². The zero-order chi connectivity index (χ0) is 20.7. The summed E-state index contributed by atoms with van der Waals surface area (Å²) >= 11 is 0. The largest absolute Gasteiger partial charge is 0.511 e. The zero-order valence-electron chi connectivity index (χ0n) is 19.8. The van der Waals surface area contributed by atoms with Crippen LogP contribution in [-0.4, -0.2) is 36.7 Å². The Hall–Kier alpha value is -0.475. The highest BCUT2D eigenvalue weighted by molar-refractivity contribution is 6.54. The summed E-state index contributed by atoms with van der Waals surface area (Å²) in [5, 5.41) is 0. The number of hydrogen-bond acceptors (Lipinski definition) is 3. The molecule has 3 nitrogen and oxygen atoms in total. The molecule has 0 unspecified atom stereocenters. The van der Waals surface area contributed by atoms with Gasteiger partial charge >= 0.3 is 7.12 Å². The number of rotatable bonds is 1. The van der Waals surface area contributed by atoms with Crippen LogP contribution in [0.4, 0.5) is 0 Å².